The van der Waals surface area contributed by atoms with Crippen molar-refractivity contribution in [2.24, 2.45) is 0 Å². The second-order valence-electron chi connectivity index (χ2n) is 5.58. The third-order valence-electron chi connectivity index (χ3n) is 3.99. The predicted octanol–water partition coefficient (Wildman–Crippen LogP) is 5.11. The normalized spacial score (nSPS) is 12.0. The Morgan fingerprint density at radius 2 is 1.57 bits per heavy atom. The number of benzene rings is 1. The highest BCUT2D eigenvalue weighted by molar-refractivity contribution is 5.34. The van der Waals surface area contributed by atoms with Crippen LogP contribution < -0.4 is 0 Å². The van der Waals surface area contributed by atoms with Gasteiger partial charge in [-0.3, -0.25) is 4.90 Å². The van der Waals surface area contributed by atoms with Crippen LogP contribution in [0, 0.1) is 11.8 Å². The monoisotopic (exact) mass is 285 g/mol. The summed E-state index contributed by atoms with van der Waals surface area (Å²) in [5.41, 5.74) is 1.13. The Morgan fingerprint density at radius 1 is 0.905 bits per heavy atom. The molecule has 0 fully saturated rings. The van der Waals surface area contributed by atoms with Gasteiger partial charge in [-0.2, -0.15) is 0 Å². The molecule has 116 valence electrons. The van der Waals surface area contributed by atoms with Gasteiger partial charge in [-0.05, 0) is 31.6 Å². The largest absolute Gasteiger partial charge is 0.290 e. The Morgan fingerprint density at radius 3 is 2.19 bits per heavy atom. The Balaban J connectivity index is 2.58. The van der Waals surface area contributed by atoms with Crippen molar-refractivity contribution in [2.75, 3.05) is 13.1 Å². The molecule has 1 aromatic rings. The molecule has 1 atom stereocenters. The molecule has 0 aromatic heterocycles. The summed E-state index contributed by atoms with van der Waals surface area (Å²) < 4.78 is 0. The third kappa shape index (κ3) is 7.34. The smallest absolute Gasteiger partial charge is 0.0718 e. The molecule has 0 N–H and O–H groups in total. The molecule has 0 saturated heterocycles. The molecule has 1 heteroatoms. The van der Waals surface area contributed by atoms with Crippen molar-refractivity contribution in [3.63, 3.8) is 0 Å². The standard InChI is InChI=1S/C20H31N/c1-4-7-8-9-13-16-20(21(5-2)6-3)18-17-19-14-11-10-12-15-19/h10-12,14-15,20H,4-9,13,16H2,1-3H3. The minimum atomic E-state index is 0.404. The van der Waals surface area contributed by atoms with E-state index in [1.54, 1.807) is 0 Å². The Kier molecular flexibility index (Phi) is 9.66. The molecule has 1 aromatic carbocycles. The van der Waals surface area contributed by atoms with E-state index in [0.29, 0.717) is 6.04 Å². The zero-order valence-corrected chi connectivity index (χ0v) is 14.1. The summed E-state index contributed by atoms with van der Waals surface area (Å²) in [7, 11) is 0. The highest BCUT2D eigenvalue weighted by Crippen LogP contribution is 2.11. The third-order valence-corrected chi connectivity index (χ3v) is 3.99. The van der Waals surface area contributed by atoms with Crippen molar-refractivity contribution in [1.82, 2.24) is 4.90 Å². The maximum absolute atomic E-state index is 3.50. The first-order chi connectivity index (χ1) is 10.3. The molecule has 1 unspecified atom stereocenters. The van der Waals surface area contributed by atoms with Crippen molar-refractivity contribution >= 4 is 0 Å². The molecule has 1 rings (SSSR count). The average molecular weight is 285 g/mol. The van der Waals surface area contributed by atoms with Gasteiger partial charge in [0.25, 0.3) is 0 Å². The van der Waals surface area contributed by atoms with Crippen LogP contribution in [-0.4, -0.2) is 24.0 Å². The summed E-state index contributed by atoms with van der Waals surface area (Å²) in [6, 6.07) is 10.7. The topological polar surface area (TPSA) is 3.24 Å². The lowest BCUT2D eigenvalue weighted by molar-refractivity contribution is 0.246. The molecule has 1 nitrogen and oxygen atoms in total. The van der Waals surface area contributed by atoms with Gasteiger partial charge in [0.15, 0.2) is 0 Å². The Labute approximate surface area is 131 Å². The predicted molar refractivity (Wildman–Crippen MR) is 93.4 cm³/mol. The zero-order chi connectivity index (χ0) is 15.3. The summed E-state index contributed by atoms with van der Waals surface area (Å²) in [5, 5.41) is 0. The quantitative estimate of drug-likeness (QED) is 0.450. The van der Waals surface area contributed by atoms with Gasteiger partial charge in [0.05, 0.1) is 6.04 Å². The molecule has 0 bridgehead atoms. The van der Waals surface area contributed by atoms with Gasteiger partial charge in [-0.15, -0.1) is 0 Å². The van der Waals surface area contributed by atoms with Gasteiger partial charge < -0.3 is 0 Å². The summed E-state index contributed by atoms with van der Waals surface area (Å²) in [6.07, 6.45) is 7.89. The first kappa shape index (κ1) is 17.8. The van der Waals surface area contributed by atoms with Gasteiger partial charge in [-0.1, -0.05) is 82.9 Å². The van der Waals surface area contributed by atoms with E-state index in [4.69, 9.17) is 0 Å². The maximum atomic E-state index is 3.50. The van der Waals surface area contributed by atoms with E-state index in [1.807, 2.05) is 6.07 Å². The summed E-state index contributed by atoms with van der Waals surface area (Å²) in [5.74, 6) is 6.86. The molecule has 0 radical (unpaired) electrons. The molecule has 0 saturated carbocycles. The summed E-state index contributed by atoms with van der Waals surface area (Å²) in [6.45, 7) is 8.90. The van der Waals surface area contributed by atoms with Gasteiger partial charge in [0.2, 0.25) is 0 Å². The van der Waals surface area contributed by atoms with Crippen LogP contribution in [0.3, 0.4) is 0 Å². The molecule has 0 heterocycles. The van der Waals surface area contributed by atoms with E-state index in [0.717, 1.165) is 18.7 Å². The van der Waals surface area contributed by atoms with Crippen molar-refractivity contribution in [1.29, 1.82) is 0 Å². The lowest BCUT2D eigenvalue weighted by atomic mass is 10.0. The second kappa shape index (κ2) is 11.4. The second-order valence-corrected chi connectivity index (χ2v) is 5.58. The van der Waals surface area contributed by atoms with E-state index >= 15 is 0 Å². The van der Waals surface area contributed by atoms with Crippen LogP contribution in [-0.2, 0) is 0 Å². The van der Waals surface area contributed by atoms with Gasteiger partial charge >= 0.3 is 0 Å². The van der Waals surface area contributed by atoms with Crippen LogP contribution in [0.5, 0.6) is 0 Å². The molecular weight excluding hydrogens is 254 g/mol. The Bertz CT molecular complexity index is 408. The van der Waals surface area contributed by atoms with Gasteiger partial charge in [-0.25, -0.2) is 0 Å². The van der Waals surface area contributed by atoms with E-state index in [2.05, 4.69) is 61.8 Å². The van der Waals surface area contributed by atoms with E-state index in [9.17, 15) is 0 Å². The van der Waals surface area contributed by atoms with Crippen LogP contribution in [0.25, 0.3) is 0 Å². The van der Waals surface area contributed by atoms with E-state index in [1.165, 1.54) is 38.5 Å². The van der Waals surface area contributed by atoms with Crippen molar-refractivity contribution < 1.29 is 0 Å². The van der Waals surface area contributed by atoms with Crippen LogP contribution in [0.1, 0.15) is 64.9 Å². The minimum Gasteiger partial charge on any atom is -0.290 e. The molecular formula is C20H31N. The Hall–Kier alpha value is -1.26. The highest BCUT2D eigenvalue weighted by Gasteiger charge is 2.12. The number of nitrogens with zero attached hydrogens (tertiary/aromatic N) is 1. The van der Waals surface area contributed by atoms with Crippen molar-refractivity contribution in [3.8, 4) is 11.8 Å². The fourth-order valence-corrected chi connectivity index (χ4v) is 2.64. The van der Waals surface area contributed by atoms with Crippen molar-refractivity contribution in [3.05, 3.63) is 35.9 Å². The zero-order valence-electron chi connectivity index (χ0n) is 14.1. The number of hydrogen-bond donors (Lipinski definition) is 0. The molecule has 0 aliphatic heterocycles. The number of rotatable bonds is 9. The van der Waals surface area contributed by atoms with Crippen LogP contribution in [0.4, 0.5) is 0 Å². The summed E-state index contributed by atoms with van der Waals surface area (Å²) in [4.78, 5) is 2.48. The summed E-state index contributed by atoms with van der Waals surface area (Å²) >= 11 is 0. The van der Waals surface area contributed by atoms with Crippen LogP contribution >= 0.6 is 0 Å². The van der Waals surface area contributed by atoms with Crippen molar-refractivity contribution in [2.45, 2.75) is 65.3 Å². The molecule has 0 amide bonds. The SMILES string of the molecule is CCCCCCCC(C#Cc1ccccc1)N(CC)CC. The van der Waals surface area contributed by atoms with Gasteiger partial charge in [0, 0.05) is 5.56 Å². The first-order valence-corrected chi connectivity index (χ1v) is 8.62. The van der Waals surface area contributed by atoms with Gasteiger partial charge in [0.1, 0.15) is 0 Å². The molecule has 0 aliphatic rings. The number of hydrogen-bond acceptors (Lipinski definition) is 1. The molecule has 0 aliphatic carbocycles. The maximum Gasteiger partial charge on any atom is 0.0718 e. The van der Waals surface area contributed by atoms with E-state index in [-0.39, 0.29) is 0 Å². The highest BCUT2D eigenvalue weighted by atomic mass is 15.1. The fourth-order valence-electron chi connectivity index (χ4n) is 2.64. The average Bonchev–Trinajstić information content (AvgIpc) is 2.53. The van der Waals surface area contributed by atoms with Crippen LogP contribution in [0.15, 0.2) is 30.3 Å². The first-order valence-electron chi connectivity index (χ1n) is 8.62. The molecule has 21 heavy (non-hydrogen) atoms. The molecule has 0 spiro atoms. The minimum absolute atomic E-state index is 0.404. The number of unbranched alkanes of at least 4 members (excludes halogenated alkanes) is 4. The fraction of sp³-hybridized carbons (Fsp3) is 0.600. The van der Waals surface area contributed by atoms with Crippen LogP contribution in [0.2, 0.25) is 0 Å². The lowest BCUT2D eigenvalue weighted by Gasteiger charge is -2.25. The lowest BCUT2D eigenvalue weighted by Crippen LogP contribution is -2.34. The van der Waals surface area contributed by atoms with E-state index < -0.39 is 0 Å².